The Balaban J connectivity index is 1.61. The molecule has 1 fully saturated rings. The van der Waals surface area contributed by atoms with E-state index in [-0.39, 0.29) is 43.1 Å². The van der Waals surface area contributed by atoms with Gasteiger partial charge in [0.2, 0.25) is 12.7 Å². The molecule has 6 atom stereocenters. The molecule has 4 N–H and O–H groups in total. The number of amides is 1. The minimum atomic E-state index is -0.739. The zero-order valence-electron chi connectivity index (χ0n) is 25.2. The summed E-state index contributed by atoms with van der Waals surface area (Å²) < 4.78 is 23.3. The van der Waals surface area contributed by atoms with Crippen molar-refractivity contribution in [2.24, 2.45) is 5.73 Å². The number of ether oxygens (including phenoxy) is 4. The highest BCUT2D eigenvalue weighted by Crippen LogP contribution is 2.58. The second-order valence-corrected chi connectivity index (χ2v) is 11.9. The number of nitriles is 1. The fourth-order valence-electron chi connectivity index (χ4n) is 7.67. The van der Waals surface area contributed by atoms with E-state index in [0.717, 1.165) is 22.3 Å². The molecule has 1 amide bonds. The molecule has 0 aromatic heterocycles. The number of rotatable bonds is 5. The van der Waals surface area contributed by atoms with Gasteiger partial charge in [0.1, 0.15) is 11.8 Å². The average Bonchev–Trinajstić information content (AvgIpc) is 3.44. The summed E-state index contributed by atoms with van der Waals surface area (Å²) in [5, 5.41) is 25.3. The first-order valence-electron chi connectivity index (χ1n) is 14.4. The van der Waals surface area contributed by atoms with Gasteiger partial charge >= 0.3 is 5.97 Å². The van der Waals surface area contributed by atoms with Crippen LogP contribution in [-0.2, 0) is 22.4 Å². The van der Waals surface area contributed by atoms with Crippen LogP contribution in [0.1, 0.15) is 59.3 Å². The summed E-state index contributed by atoms with van der Waals surface area (Å²) in [7, 11) is 3.51. The number of fused-ring (bicyclic) bond motifs is 9. The number of aromatic hydroxyl groups is 1. The van der Waals surface area contributed by atoms with Gasteiger partial charge in [0.05, 0.1) is 31.3 Å². The minimum Gasteiger partial charge on any atom is -0.504 e. The summed E-state index contributed by atoms with van der Waals surface area (Å²) in [6.45, 7) is 6.79. The van der Waals surface area contributed by atoms with Gasteiger partial charge in [-0.1, -0.05) is 6.07 Å². The van der Waals surface area contributed by atoms with Gasteiger partial charge in [0.15, 0.2) is 23.0 Å². The van der Waals surface area contributed by atoms with Crippen LogP contribution in [0.4, 0.5) is 0 Å². The molecule has 2 aromatic rings. The van der Waals surface area contributed by atoms with Crippen LogP contribution in [0, 0.1) is 25.2 Å². The third-order valence-corrected chi connectivity index (χ3v) is 9.39. The molecule has 4 heterocycles. The van der Waals surface area contributed by atoms with E-state index in [9.17, 15) is 20.0 Å². The standard InChI is InChI=1S/C31H37N5O7/c1-13-7-17-8-19-21(10-32)36-20(25(35(19)5)23(17)26(38)27(13)40-6)9-18-24(22(36)11-34-31(39)15(3)33)30-29(41-12-42-30)14(2)28(18)43-16(4)37/h7,15,19-22,25,38H,8-9,11-12,33H2,1-6H3,(H,34,39)/t15?,19-,20?,21-,22-,25-/m0/s1. The van der Waals surface area contributed by atoms with Gasteiger partial charge in [-0.15, -0.1) is 0 Å². The number of hydrogen-bond donors (Lipinski definition) is 3. The first-order chi connectivity index (χ1) is 20.5. The predicted octanol–water partition coefficient (Wildman–Crippen LogP) is 1.91. The molecule has 0 saturated carbocycles. The Bertz CT molecular complexity index is 1570. The molecule has 12 heteroatoms. The molecule has 1 saturated heterocycles. The lowest BCUT2D eigenvalue weighted by molar-refractivity contribution is -0.132. The number of nitrogens with one attached hydrogen (secondary N) is 1. The Kier molecular flexibility index (Phi) is 7.15. The van der Waals surface area contributed by atoms with Crippen molar-refractivity contribution in [3.63, 3.8) is 0 Å². The molecule has 228 valence electrons. The molecule has 0 spiro atoms. The quantitative estimate of drug-likeness (QED) is 0.344. The monoisotopic (exact) mass is 591 g/mol. The number of esters is 1. The number of piperazine rings is 1. The van der Waals surface area contributed by atoms with E-state index in [1.807, 2.05) is 27.0 Å². The Morgan fingerprint density at radius 3 is 2.58 bits per heavy atom. The van der Waals surface area contributed by atoms with E-state index in [2.05, 4.69) is 21.2 Å². The van der Waals surface area contributed by atoms with Crippen LogP contribution in [0.15, 0.2) is 6.07 Å². The number of hydrogen-bond acceptors (Lipinski definition) is 11. The highest BCUT2D eigenvalue weighted by Gasteiger charge is 2.56. The van der Waals surface area contributed by atoms with Crippen LogP contribution in [0.2, 0.25) is 0 Å². The van der Waals surface area contributed by atoms with Crippen molar-refractivity contribution >= 4 is 11.9 Å². The summed E-state index contributed by atoms with van der Waals surface area (Å²) in [6, 6.07) is 1.83. The molecule has 12 nitrogen and oxygen atoms in total. The lowest BCUT2D eigenvalue weighted by Gasteiger charge is -2.60. The number of carbonyl (C=O) groups is 2. The molecule has 43 heavy (non-hydrogen) atoms. The van der Waals surface area contributed by atoms with Gasteiger partial charge in [-0.25, -0.2) is 0 Å². The molecule has 2 aromatic carbocycles. The number of phenols is 1. The van der Waals surface area contributed by atoms with E-state index in [1.54, 1.807) is 6.92 Å². The van der Waals surface area contributed by atoms with Crippen molar-refractivity contribution in [1.82, 2.24) is 15.1 Å². The van der Waals surface area contributed by atoms with E-state index in [4.69, 9.17) is 24.7 Å². The fraction of sp³-hybridized carbons (Fsp3) is 0.516. The number of aryl methyl sites for hydroxylation is 1. The Morgan fingerprint density at radius 1 is 1.21 bits per heavy atom. The van der Waals surface area contributed by atoms with Crippen molar-refractivity contribution in [2.75, 3.05) is 27.5 Å². The third-order valence-electron chi connectivity index (χ3n) is 9.39. The highest BCUT2D eigenvalue weighted by molar-refractivity contribution is 5.81. The zero-order valence-corrected chi connectivity index (χ0v) is 25.2. The van der Waals surface area contributed by atoms with Crippen LogP contribution < -0.4 is 30.0 Å². The molecular formula is C31H37N5O7. The van der Waals surface area contributed by atoms with Gasteiger partial charge in [-0.05, 0) is 51.8 Å². The molecule has 2 unspecified atom stereocenters. The van der Waals surface area contributed by atoms with Gasteiger partial charge < -0.3 is 35.1 Å². The fourth-order valence-corrected chi connectivity index (χ4v) is 7.67. The molecule has 2 bridgehead atoms. The van der Waals surface area contributed by atoms with Gasteiger partial charge in [-0.3, -0.25) is 19.4 Å². The Hall–Kier alpha value is -4.05. The van der Waals surface area contributed by atoms with E-state index < -0.39 is 24.1 Å². The summed E-state index contributed by atoms with van der Waals surface area (Å²) in [4.78, 5) is 29.4. The van der Waals surface area contributed by atoms with E-state index in [0.29, 0.717) is 47.0 Å². The second-order valence-electron chi connectivity index (χ2n) is 11.9. The summed E-state index contributed by atoms with van der Waals surface area (Å²) >= 11 is 0. The topological polar surface area (TPSA) is 160 Å². The molecule has 0 aliphatic carbocycles. The molecular weight excluding hydrogens is 554 g/mol. The summed E-state index contributed by atoms with van der Waals surface area (Å²) in [6.07, 6.45) is 0.917. The SMILES string of the molecule is COc1c(C)cc2c(c1O)[C@@H]1C3Cc4c(OC(C)=O)c(C)c5c(c4[C@H](CNC(=O)C(C)N)N3[C@@H](C#N)[C@H](C2)N1C)OCO5. The summed E-state index contributed by atoms with van der Waals surface area (Å²) in [5.41, 5.74) is 10.5. The second kappa shape index (κ2) is 10.6. The molecule has 4 aliphatic heterocycles. The summed E-state index contributed by atoms with van der Waals surface area (Å²) in [5.74, 6) is 1.05. The number of likely N-dealkylation sites (N-methyl/N-ethyl adjacent to an activating group) is 1. The van der Waals surface area contributed by atoms with E-state index >= 15 is 0 Å². The van der Waals surface area contributed by atoms with Crippen LogP contribution >= 0.6 is 0 Å². The number of methoxy groups -OCH3 is 1. The molecule has 4 aliphatic rings. The first-order valence-corrected chi connectivity index (χ1v) is 14.4. The number of nitrogens with zero attached hydrogens (tertiary/aromatic N) is 3. The number of carbonyl (C=O) groups excluding carboxylic acids is 2. The lowest BCUT2D eigenvalue weighted by Crippen LogP contribution is -2.68. The maximum atomic E-state index is 12.8. The molecule has 6 rings (SSSR count). The van der Waals surface area contributed by atoms with Gasteiger partial charge in [0, 0.05) is 47.8 Å². The maximum absolute atomic E-state index is 12.8. The maximum Gasteiger partial charge on any atom is 0.308 e. The van der Waals surface area contributed by atoms with Crippen molar-refractivity contribution in [3.8, 4) is 34.8 Å². The number of benzene rings is 2. The lowest BCUT2D eigenvalue weighted by atomic mass is 9.71. The third kappa shape index (κ3) is 4.29. The Morgan fingerprint density at radius 2 is 1.93 bits per heavy atom. The first kappa shape index (κ1) is 29.0. The average molecular weight is 592 g/mol. The largest absolute Gasteiger partial charge is 0.504 e. The molecule has 0 radical (unpaired) electrons. The van der Waals surface area contributed by atoms with Crippen molar-refractivity contribution < 1.29 is 33.6 Å². The van der Waals surface area contributed by atoms with Gasteiger partial charge in [0.25, 0.3) is 0 Å². The predicted molar refractivity (Wildman–Crippen MR) is 154 cm³/mol. The highest BCUT2D eigenvalue weighted by atomic mass is 16.7. The van der Waals surface area contributed by atoms with E-state index in [1.165, 1.54) is 14.0 Å². The van der Waals surface area contributed by atoms with Gasteiger partial charge in [-0.2, -0.15) is 5.26 Å². The minimum absolute atomic E-state index is 0.00939. The number of phenolic OH excluding ortho intramolecular Hbond substituents is 1. The van der Waals surface area contributed by atoms with Crippen LogP contribution in [0.3, 0.4) is 0 Å². The van der Waals surface area contributed by atoms with Crippen molar-refractivity contribution in [1.29, 1.82) is 5.26 Å². The smallest absolute Gasteiger partial charge is 0.308 e. The van der Waals surface area contributed by atoms with Crippen LogP contribution in [-0.4, -0.2) is 78.4 Å². The van der Waals surface area contributed by atoms with Crippen molar-refractivity contribution in [3.05, 3.63) is 39.4 Å². The normalized spacial score (nSPS) is 26.0. The van der Waals surface area contributed by atoms with Crippen LogP contribution in [0.5, 0.6) is 28.7 Å². The Labute approximate surface area is 250 Å². The number of nitrogens with two attached hydrogens (primary N) is 1. The zero-order chi connectivity index (χ0) is 30.9. The van der Waals surface area contributed by atoms with Crippen molar-refractivity contribution in [2.45, 2.75) is 76.8 Å². The van der Waals surface area contributed by atoms with Crippen LogP contribution in [0.25, 0.3) is 0 Å².